The molecule has 33 heavy (non-hydrogen) atoms. The summed E-state index contributed by atoms with van der Waals surface area (Å²) < 4.78 is 11.4. The number of anilines is 1. The highest BCUT2D eigenvalue weighted by atomic mass is 16.6. The molecule has 170 valence electrons. The second-order valence-corrected chi connectivity index (χ2v) is 8.65. The average molecular weight is 447 g/mol. The lowest BCUT2D eigenvalue weighted by Crippen LogP contribution is -2.47. The van der Waals surface area contributed by atoms with Crippen LogP contribution in [0.3, 0.4) is 0 Å². The molecule has 0 radical (unpaired) electrons. The summed E-state index contributed by atoms with van der Waals surface area (Å²) >= 11 is 0. The number of nitrogens with zero attached hydrogens (tertiary/aromatic N) is 2. The molecule has 1 aliphatic heterocycles. The summed E-state index contributed by atoms with van der Waals surface area (Å²) in [4.78, 5) is 28.4. The molecule has 2 heterocycles. The summed E-state index contributed by atoms with van der Waals surface area (Å²) in [5.41, 5.74) is 4.61. The maximum absolute atomic E-state index is 13.4. The van der Waals surface area contributed by atoms with Gasteiger partial charge < -0.3 is 19.2 Å². The molecule has 5 rings (SSSR count). The molecule has 2 aromatic carbocycles. The monoisotopic (exact) mass is 446 g/mol. The van der Waals surface area contributed by atoms with Crippen LogP contribution in [0.2, 0.25) is 0 Å². The van der Waals surface area contributed by atoms with Crippen molar-refractivity contribution in [3.05, 3.63) is 77.6 Å². The summed E-state index contributed by atoms with van der Waals surface area (Å²) in [6.45, 7) is 1.87. The van der Waals surface area contributed by atoms with Gasteiger partial charge in [0, 0.05) is 18.0 Å². The third kappa shape index (κ3) is 4.00. The van der Waals surface area contributed by atoms with Gasteiger partial charge in [0.25, 0.3) is 0 Å². The molecule has 1 aromatic heterocycles. The average Bonchev–Trinajstić information content (AvgIpc) is 3.43. The number of furan rings is 1. The van der Waals surface area contributed by atoms with Gasteiger partial charge in [0.15, 0.2) is 0 Å². The fraction of sp³-hybridized carbons (Fsp3) is 0.308. The van der Waals surface area contributed by atoms with Crippen LogP contribution in [-0.2, 0) is 4.74 Å². The summed E-state index contributed by atoms with van der Waals surface area (Å²) in [6.07, 6.45) is 0.992. The fourth-order valence-corrected chi connectivity index (χ4v) is 4.91. The lowest BCUT2D eigenvalue weighted by molar-refractivity contribution is 0.0662. The van der Waals surface area contributed by atoms with E-state index in [9.17, 15) is 14.7 Å². The first-order chi connectivity index (χ1) is 16.0. The Morgan fingerprint density at radius 1 is 1.00 bits per heavy atom. The third-order valence-electron chi connectivity index (χ3n) is 6.63. The van der Waals surface area contributed by atoms with Gasteiger partial charge in [0.2, 0.25) is 11.6 Å². The second kappa shape index (κ2) is 8.75. The Morgan fingerprint density at radius 3 is 2.18 bits per heavy atom. The van der Waals surface area contributed by atoms with Crippen molar-refractivity contribution in [2.45, 2.75) is 24.8 Å². The van der Waals surface area contributed by atoms with E-state index in [-0.39, 0.29) is 30.2 Å². The number of aromatic carboxylic acids is 1. The van der Waals surface area contributed by atoms with Gasteiger partial charge in [-0.1, -0.05) is 48.5 Å². The second-order valence-electron chi connectivity index (χ2n) is 8.65. The first kappa shape index (κ1) is 21.3. The van der Waals surface area contributed by atoms with Crippen LogP contribution in [0, 0.1) is 0 Å². The summed E-state index contributed by atoms with van der Waals surface area (Å²) in [7, 11) is 2.04. The number of benzene rings is 2. The van der Waals surface area contributed by atoms with Crippen molar-refractivity contribution in [3.8, 4) is 11.1 Å². The van der Waals surface area contributed by atoms with Gasteiger partial charge in [-0.2, -0.15) is 0 Å². The van der Waals surface area contributed by atoms with Gasteiger partial charge >= 0.3 is 12.1 Å². The Hall–Kier alpha value is -3.58. The number of carbonyl (C=O) groups excluding carboxylic acids is 1. The van der Waals surface area contributed by atoms with E-state index in [2.05, 4.69) is 29.2 Å². The number of hydrogen-bond donors (Lipinski definition) is 1. The number of amides is 1. The number of fused-ring (bicyclic) bond motifs is 3. The van der Waals surface area contributed by atoms with Crippen molar-refractivity contribution in [3.63, 3.8) is 0 Å². The van der Waals surface area contributed by atoms with E-state index in [1.807, 2.05) is 31.3 Å². The summed E-state index contributed by atoms with van der Waals surface area (Å²) in [6, 6.07) is 19.2. The minimum absolute atomic E-state index is 0.0492. The number of piperidine rings is 1. The lowest BCUT2D eigenvalue weighted by atomic mass is 9.98. The summed E-state index contributed by atoms with van der Waals surface area (Å²) in [5, 5.41) is 9.26. The minimum atomic E-state index is -1.17. The zero-order chi connectivity index (χ0) is 22.9. The molecule has 0 saturated carbocycles. The van der Waals surface area contributed by atoms with Crippen LogP contribution in [0.4, 0.5) is 10.7 Å². The normalized spacial score (nSPS) is 16.3. The number of ether oxygens (including phenoxy) is 1. The molecule has 0 unspecified atom stereocenters. The van der Waals surface area contributed by atoms with E-state index in [0.29, 0.717) is 0 Å². The van der Waals surface area contributed by atoms with E-state index in [1.54, 1.807) is 0 Å². The highest BCUT2D eigenvalue weighted by molar-refractivity contribution is 5.89. The largest absolute Gasteiger partial charge is 0.475 e. The Kier molecular flexibility index (Phi) is 5.64. The predicted molar refractivity (Wildman–Crippen MR) is 124 cm³/mol. The maximum atomic E-state index is 13.4. The smallest absolute Gasteiger partial charge is 0.416 e. The Labute approximate surface area is 192 Å². The molecular weight excluding hydrogens is 420 g/mol. The topological polar surface area (TPSA) is 83.2 Å². The van der Waals surface area contributed by atoms with Crippen LogP contribution < -0.4 is 4.90 Å². The molecule has 7 nitrogen and oxygen atoms in total. The molecule has 1 N–H and O–H groups in total. The van der Waals surface area contributed by atoms with Crippen molar-refractivity contribution in [1.29, 1.82) is 0 Å². The Bertz CT molecular complexity index is 1130. The number of carboxylic acid groups (broad SMARTS) is 1. The number of rotatable bonds is 5. The van der Waals surface area contributed by atoms with E-state index in [1.165, 1.54) is 28.2 Å². The molecular formula is C26H26N2O5. The molecule has 1 saturated heterocycles. The molecule has 0 spiro atoms. The van der Waals surface area contributed by atoms with E-state index in [4.69, 9.17) is 9.15 Å². The molecule has 1 aliphatic carbocycles. The number of carbonyl (C=O) groups is 2. The maximum Gasteiger partial charge on any atom is 0.416 e. The van der Waals surface area contributed by atoms with Crippen molar-refractivity contribution < 1.29 is 23.8 Å². The standard InChI is InChI=1S/C26H26N2O5/c1-27-14-12-17(13-15-27)28(24-11-10-23(33-24)25(29)30)26(31)32-16-22-20-8-4-2-6-18(20)19-7-3-5-9-21(19)22/h2-11,17,22H,12-16H2,1H3,(H,29,30). The first-order valence-corrected chi connectivity index (χ1v) is 11.2. The number of carboxylic acids is 1. The van der Waals surface area contributed by atoms with Gasteiger partial charge in [-0.3, -0.25) is 0 Å². The molecule has 2 aliphatic rings. The van der Waals surface area contributed by atoms with Gasteiger partial charge in [0.1, 0.15) is 6.61 Å². The van der Waals surface area contributed by atoms with Gasteiger partial charge in [-0.15, -0.1) is 0 Å². The van der Waals surface area contributed by atoms with Crippen LogP contribution in [0.15, 0.2) is 65.1 Å². The summed E-state index contributed by atoms with van der Waals surface area (Å²) in [5.74, 6) is -1.21. The van der Waals surface area contributed by atoms with Gasteiger partial charge in [-0.25, -0.2) is 14.5 Å². The van der Waals surface area contributed by atoms with Crippen molar-refractivity contribution in [2.24, 2.45) is 0 Å². The zero-order valence-electron chi connectivity index (χ0n) is 18.4. The third-order valence-corrected chi connectivity index (χ3v) is 6.63. The van der Waals surface area contributed by atoms with Crippen LogP contribution in [0.25, 0.3) is 11.1 Å². The van der Waals surface area contributed by atoms with Gasteiger partial charge in [0.05, 0.1) is 0 Å². The molecule has 7 heteroatoms. The van der Waals surface area contributed by atoms with Crippen LogP contribution >= 0.6 is 0 Å². The van der Waals surface area contributed by atoms with Crippen LogP contribution in [-0.4, -0.2) is 54.9 Å². The Morgan fingerprint density at radius 2 is 1.61 bits per heavy atom. The molecule has 1 fully saturated rings. The van der Waals surface area contributed by atoms with Crippen LogP contribution in [0.5, 0.6) is 0 Å². The van der Waals surface area contributed by atoms with E-state index < -0.39 is 12.1 Å². The van der Waals surface area contributed by atoms with E-state index in [0.717, 1.165) is 37.1 Å². The first-order valence-electron chi connectivity index (χ1n) is 11.2. The molecule has 0 bridgehead atoms. The fourth-order valence-electron chi connectivity index (χ4n) is 4.91. The Balaban J connectivity index is 1.39. The minimum Gasteiger partial charge on any atom is -0.475 e. The zero-order valence-corrected chi connectivity index (χ0v) is 18.4. The van der Waals surface area contributed by atoms with Crippen LogP contribution in [0.1, 0.15) is 40.4 Å². The number of hydrogen-bond acceptors (Lipinski definition) is 5. The highest BCUT2D eigenvalue weighted by Gasteiger charge is 2.34. The molecule has 3 aromatic rings. The SMILES string of the molecule is CN1CCC(N(C(=O)OCC2c3ccccc3-c3ccccc32)c2ccc(C(=O)O)o2)CC1. The number of likely N-dealkylation sites (tertiary alicyclic amines) is 1. The van der Waals surface area contributed by atoms with E-state index >= 15 is 0 Å². The lowest BCUT2D eigenvalue weighted by Gasteiger charge is -2.35. The van der Waals surface area contributed by atoms with Gasteiger partial charge in [-0.05, 0) is 61.3 Å². The van der Waals surface area contributed by atoms with Crippen molar-refractivity contribution in [1.82, 2.24) is 4.90 Å². The quantitative estimate of drug-likeness (QED) is 0.605. The highest BCUT2D eigenvalue weighted by Crippen LogP contribution is 2.44. The predicted octanol–water partition coefficient (Wildman–Crippen LogP) is 4.83. The molecule has 1 amide bonds. The van der Waals surface area contributed by atoms with Crippen molar-refractivity contribution in [2.75, 3.05) is 31.6 Å². The van der Waals surface area contributed by atoms with Crippen molar-refractivity contribution >= 4 is 17.9 Å². The molecule has 0 atom stereocenters.